The topological polar surface area (TPSA) is 70.2 Å². The number of hydrogen-bond donors (Lipinski definition) is 2. The average molecular weight is 251 g/mol. The molecule has 0 bridgehead atoms. The van der Waals surface area contributed by atoms with Crippen molar-refractivity contribution in [3.05, 3.63) is 53.9 Å². The number of rotatable bonds is 3. The maximum Gasteiger partial charge on any atom is 0.209 e. The zero-order chi connectivity index (χ0) is 12.5. The fourth-order valence-electron chi connectivity index (χ4n) is 1.53. The van der Waals surface area contributed by atoms with Gasteiger partial charge in [-0.2, -0.15) is 0 Å². The molecule has 4 nitrogen and oxygen atoms in total. The van der Waals surface area contributed by atoms with Crippen LogP contribution < -0.4 is 0 Å². The van der Waals surface area contributed by atoms with E-state index in [1.54, 1.807) is 18.3 Å². The molecule has 0 fully saturated rings. The molecule has 0 amide bonds. The van der Waals surface area contributed by atoms with E-state index in [0.29, 0.717) is 5.56 Å². The maximum absolute atomic E-state index is 12.1. The van der Waals surface area contributed by atoms with Gasteiger partial charge in [0.2, 0.25) is 9.84 Å². The Labute approximate surface area is 99.8 Å². The van der Waals surface area contributed by atoms with Crippen LogP contribution in [0.4, 0.5) is 0 Å². The number of sulfone groups is 1. The molecular formula is C12H13NO3S. The highest BCUT2D eigenvalue weighted by atomic mass is 32.2. The summed E-state index contributed by atoms with van der Waals surface area (Å²) in [6.07, 6.45) is 3.04. The Morgan fingerprint density at radius 2 is 1.82 bits per heavy atom. The Hall–Kier alpha value is -1.59. The number of aliphatic hydroxyl groups excluding tert-OH is 1. The number of benzene rings is 1. The summed E-state index contributed by atoms with van der Waals surface area (Å²) in [7, 11) is -3.74. The van der Waals surface area contributed by atoms with Crippen molar-refractivity contribution in [2.75, 3.05) is 0 Å². The van der Waals surface area contributed by atoms with Crippen molar-refractivity contribution in [3.8, 4) is 0 Å². The van der Waals surface area contributed by atoms with Crippen molar-refractivity contribution in [2.24, 2.45) is 0 Å². The fraction of sp³-hybridized carbons (Fsp3) is 0.167. The first-order valence-electron chi connectivity index (χ1n) is 5.13. The second kappa shape index (κ2) is 4.35. The molecule has 2 aromatic rings. The quantitative estimate of drug-likeness (QED) is 0.873. The molecule has 0 saturated carbocycles. The molecule has 5 heteroatoms. The second-order valence-electron chi connectivity index (χ2n) is 3.85. The normalized spacial score (nSPS) is 13.5. The standard InChI is InChI=1S/C12H13NO3S/c1-9-2-4-11(5-3-9)17(15,16)12(14)10-6-7-13-8-10/h2-8,12-14H,1H3. The fourth-order valence-corrected chi connectivity index (χ4v) is 2.80. The van der Waals surface area contributed by atoms with Crippen molar-refractivity contribution >= 4 is 9.84 Å². The summed E-state index contributed by atoms with van der Waals surface area (Å²) in [5, 5.41) is 9.85. The minimum Gasteiger partial charge on any atom is -0.373 e. The van der Waals surface area contributed by atoms with Crippen LogP contribution in [0.1, 0.15) is 16.6 Å². The van der Waals surface area contributed by atoms with E-state index < -0.39 is 15.3 Å². The molecule has 0 radical (unpaired) electrons. The summed E-state index contributed by atoms with van der Waals surface area (Å²) in [6.45, 7) is 1.87. The summed E-state index contributed by atoms with van der Waals surface area (Å²) in [5.74, 6) is 0. The van der Waals surface area contributed by atoms with Crippen LogP contribution in [-0.4, -0.2) is 18.5 Å². The Bertz CT molecular complexity index is 585. The zero-order valence-corrected chi connectivity index (χ0v) is 10.1. The minimum absolute atomic E-state index is 0.122. The van der Waals surface area contributed by atoms with Crippen LogP contribution in [0.5, 0.6) is 0 Å². The number of aromatic amines is 1. The zero-order valence-electron chi connectivity index (χ0n) is 9.29. The number of nitrogens with one attached hydrogen (secondary N) is 1. The van der Waals surface area contributed by atoms with Crippen LogP contribution in [0.15, 0.2) is 47.6 Å². The number of aromatic nitrogens is 1. The molecule has 1 unspecified atom stereocenters. The Kier molecular flexibility index (Phi) is 3.04. The van der Waals surface area contributed by atoms with Gasteiger partial charge in [-0.1, -0.05) is 17.7 Å². The van der Waals surface area contributed by atoms with Gasteiger partial charge in [0, 0.05) is 18.0 Å². The highest BCUT2D eigenvalue weighted by Crippen LogP contribution is 2.26. The maximum atomic E-state index is 12.1. The lowest BCUT2D eigenvalue weighted by atomic mass is 10.2. The molecule has 2 rings (SSSR count). The van der Waals surface area contributed by atoms with E-state index >= 15 is 0 Å². The molecule has 0 saturated heterocycles. The first-order valence-corrected chi connectivity index (χ1v) is 6.68. The SMILES string of the molecule is Cc1ccc(S(=O)(=O)C(O)c2cc[nH]c2)cc1. The Morgan fingerprint density at radius 3 is 2.35 bits per heavy atom. The Balaban J connectivity index is 2.40. The van der Waals surface area contributed by atoms with Gasteiger partial charge in [-0.3, -0.25) is 0 Å². The first-order chi connectivity index (χ1) is 8.01. The molecule has 1 atom stereocenters. The van der Waals surface area contributed by atoms with Gasteiger partial charge in [-0.05, 0) is 25.1 Å². The summed E-state index contributed by atoms with van der Waals surface area (Å²) >= 11 is 0. The van der Waals surface area contributed by atoms with E-state index in [9.17, 15) is 13.5 Å². The highest BCUT2D eigenvalue weighted by molar-refractivity contribution is 7.91. The lowest BCUT2D eigenvalue weighted by molar-refractivity contribution is 0.255. The van der Waals surface area contributed by atoms with Gasteiger partial charge in [0.1, 0.15) is 0 Å². The molecule has 90 valence electrons. The van der Waals surface area contributed by atoms with Crippen LogP contribution in [0.2, 0.25) is 0 Å². The number of hydrogen-bond acceptors (Lipinski definition) is 3. The molecule has 0 aliphatic carbocycles. The van der Waals surface area contributed by atoms with Gasteiger partial charge >= 0.3 is 0 Å². The lowest BCUT2D eigenvalue weighted by Gasteiger charge is -2.10. The van der Waals surface area contributed by atoms with Crippen molar-refractivity contribution < 1.29 is 13.5 Å². The predicted octanol–water partition coefficient (Wildman–Crippen LogP) is 1.79. The monoisotopic (exact) mass is 251 g/mol. The molecular weight excluding hydrogens is 238 g/mol. The number of aryl methyl sites for hydroxylation is 1. The molecule has 2 N–H and O–H groups in total. The van der Waals surface area contributed by atoms with Crippen molar-refractivity contribution in [1.82, 2.24) is 4.98 Å². The van der Waals surface area contributed by atoms with Gasteiger partial charge in [-0.25, -0.2) is 8.42 Å². The van der Waals surface area contributed by atoms with Gasteiger partial charge in [0.25, 0.3) is 0 Å². The van der Waals surface area contributed by atoms with Gasteiger partial charge in [-0.15, -0.1) is 0 Å². The molecule has 1 heterocycles. The summed E-state index contributed by atoms with van der Waals surface area (Å²) in [5.41, 5.74) is -0.220. The van der Waals surface area contributed by atoms with E-state index in [1.807, 2.05) is 6.92 Å². The van der Waals surface area contributed by atoms with Gasteiger partial charge in [0.15, 0.2) is 5.44 Å². The first kappa shape index (κ1) is 11.9. The van der Waals surface area contributed by atoms with Crippen molar-refractivity contribution in [3.63, 3.8) is 0 Å². The number of aliphatic hydroxyl groups is 1. The molecule has 1 aromatic heterocycles. The van der Waals surface area contributed by atoms with E-state index in [-0.39, 0.29) is 4.90 Å². The molecule has 0 aliphatic heterocycles. The van der Waals surface area contributed by atoms with E-state index in [0.717, 1.165) is 5.56 Å². The van der Waals surface area contributed by atoms with Crippen LogP contribution in [0.25, 0.3) is 0 Å². The van der Waals surface area contributed by atoms with Gasteiger partial charge in [0.05, 0.1) is 4.90 Å². The molecule has 0 spiro atoms. The van der Waals surface area contributed by atoms with E-state index in [2.05, 4.69) is 4.98 Å². The molecule has 1 aromatic carbocycles. The van der Waals surface area contributed by atoms with E-state index in [4.69, 9.17) is 0 Å². The summed E-state index contributed by atoms with van der Waals surface area (Å²) < 4.78 is 24.2. The third-order valence-corrected chi connectivity index (χ3v) is 4.34. The largest absolute Gasteiger partial charge is 0.373 e. The second-order valence-corrected chi connectivity index (χ2v) is 5.86. The van der Waals surface area contributed by atoms with Crippen LogP contribution in [-0.2, 0) is 9.84 Å². The third kappa shape index (κ3) is 2.25. The van der Waals surface area contributed by atoms with Crippen molar-refractivity contribution in [1.29, 1.82) is 0 Å². The smallest absolute Gasteiger partial charge is 0.209 e. The average Bonchev–Trinajstić information content (AvgIpc) is 2.82. The van der Waals surface area contributed by atoms with Gasteiger partial charge < -0.3 is 10.1 Å². The van der Waals surface area contributed by atoms with Crippen LogP contribution >= 0.6 is 0 Å². The van der Waals surface area contributed by atoms with Crippen molar-refractivity contribution in [2.45, 2.75) is 17.3 Å². The minimum atomic E-state index is -3.74. The molecule has 0 aliphatic rings. The third-order valence-electron chi connectivity index (χ3n) is 2.55. The summed E-state index contributed by atoms with van der Waals surface area (Å²) in [6, 6.07) is 7.95. The lowest BCUT2D eigenvalue weighted by Crippen LogP contribution is -2.12. The predicted molar refractivity (Wildman–Crippen MR) is 64.1 cm³/mol. The summed E-state index contributed by atoms with van der Waals surface area (Å²) in [4.78, 5) is 2.84. The Morgan fingerprint density at radius 1 is 1.18 bits per heavy atom. The molecule has 17 heavy (non-hydrogen) atoms. The van der Waals surface area contributed by atoms with Crippen LogP contribution in [0.3, 0.4) is 0 Å². The van der Waals surface area contributed by atoms with E-state index in [1.165, 1.54) is 24.4 Å². The number of H-pyrrole nitrogens is 1. The highest BCUT2D eigenvalue weighted by Gasteiger charge is 2.26. The van der Waals surface area contributed by atoms with Crippen LogP contribution in [0, 0.1) is 6.92 Å².